The van der Waals surface area contributed by atoms with E-state index in [4.69, 9.17) is 14.2 Å². The highest BCUT2D eigenvalue weighted by Gasteiger charge is 2.17. The third-order valence-corrected chi connectivity index (χ3v) is 6.33. The summed E-state index contributed by atoms with van der Waals surface area (Å²) < 4.78 is 43.5. The molecule has 1 amide bonds. The molecule has 0 saturated heterocycles. The number of allylic oxidation sites excluding steroid dienone is 1. The van der Waals surface area contributed by atoms with Crippen molar-refractivity contribution < 1.29 is 27.4 Å². The van der Waals surface area contributed by atoms with E-state index in [1.165, 1.54) is 6.08 Å². The molecule has 0 atom stereocenters. The van der Waals surface area contributed by atoms with Crippen LogP contribution >= 0.6 is 11.5 Å². The quantitative estimate of drug-likeness (QED) is 0.158. The van der Waals surface area contributed by atoms with Crippen molar-refractivity contribution in [3.63, 3.8) is 0 Å². The Hall–Kier alpha value is -4.21. The monoisotopic (exact) mass is 540 g/mol. The number of ether oxygens (including phenoxy) is 3. The molecule has 1 heterocycles. The topological polar surface area (TPSA) is 140 Å². The zero-order valence-electron chi connectivity index (χ0n) is 20.1. The second kappa shape index (κ2) is 12.7. The number of nitrogens with zero attached hydrogens (tertiary/aromatic N) is 3. The molecule has 192 valence electrons. The van der Waals surface area contributed by atoms with E-state index in [0.29, 0.717) is 41.0 Å². The van der Waals surface area contributed by atoms with Gasteiger partial charge in [0, 0.05) is 17.8 Å². The van der Waals surface area contributed by atoms with Crippen LogP contribution in [-0.2, 0) is 21.1 Å². The highest BCUT2D eigenvalue weighted by atomic mass is 32.2. The van der Waals surface area contributed by atoms with Gasteiger partial charge in [0.05, 0.1) is 7.11 Å². The van der Waals surface area contributed by atoms with Crippen LogP contribution in [0.15, 0.2) is 65.8 Å². The van der Waals surface area contributed by atoms with Gasteiger partial charge in [0.25, 0.3) is 11.1 Å². The molecule has 0 unspecified atom stereocenters. The van der Waals surface area contributed by atoms with Crippen molar-refractivity contribution in [2.75, 3.05) is 31.9 Å². The second-order valence-corrected chi connectivity index (χ2v) is 10.2. The summed E-state index contributed by atoms with van der Waals surface area (Å²) in [5.74, 6) is 1.10. The molecule has 0 aliphatic rings. The third kappa shape index (κ3) is 7.89. The number of carbonyl (C=O) groups is 1. The van der Waals surface area contributed by atoms with Crippen molar-refractivity contribution in [1.29, 1.82) is 5.26 Å². The Morgan fingerprint density at radius 1 is 1.16 bits per heavy atom. The maximum atomic E-state index is 12.4. The Bertz CT molecular complexity index is 1440. The number of sulfone groups is 1. The molecule has 0 radical (unpaired) electrons. The van der Waals surface area contributed by atoms with Gasteiger partial charge in [0.1, 0.15) is 30.6 Å². The third-order valence-electron chi connectivity index (χ3n) is 4.73. The molecule has 0 aliphatic carbocycles. The van der Waals surface area contributed by atoms with E-state index < -0.39 is 20.9 Å². The molecule has 0 bridgehead atoms. The second-order valence-electron chi connectivity index (χ2n) is 7.52. The lowest BCUT2D eigenvalue weighted by molar-refractivity contribution is -0.112. The molecule has 0 fully saturated rings. The van der Waals surface area contributed by atoms with E-state index in [0.717, 1.165) is 18.2 Å². The van der Waals surface area contributed by atoms with Gasteiger partial charge in [-0.05, 0) is 47.9 Å². The summed E-state index contributed by atoms with van der Waals surface area (Å²) >= 11 is 0.707. The van der Waals surface area contributed by atoms with Gasteiger partial charge in [-0.1, -0.05) is 24.3 Å². The van der Waals surface area contributed by atoms with Crippen molar-refractivity contribution in [2.24, 2.45) is 0 Å². The fourth-order valence-corrected chi connectivity index (χ4v) is 4.43. The van der Waals surface area contributed by atoms with Crippen LogP contribution in [0.25, 0.3) is 6.08 Å². The van der Waals surface area contributed by atoms with Crippen molar-refractivity contribution >= 4 is 38.5 Å². The van der Waals surface area contributed by atoms with Crippen LogP contribution in [0.4, 0.5) is 5.13 Å². The summed E-state index contributed by atoms with van der Waals surface area (Å²) in [6.45, 7) is 4.32. The number of anilines is 1. The van der Waals surface area contributed by atoms with Gasteiger partial charge in [0.15, 0.2) is 11.5 Å². The molecule has 1 aromatic heterocycles. The standard InChI is InChI=1S/C25H24N4O6S2/c1-4-5-17-8-11-21(22(15-17)33-2)35-13-12-34-20-9-6-18(7-10-20)14-19(16-26)23(30)27-24-28-25(29-36-24)37(3,31)32/h4,6-11,14-15H,1,5,12-13H2,2-3H3,(H,27,28,29,30)/b19-14-. The maximum absolute atomic E-state index is 12.4. The first kappa shape index (κ1) is 27.4. The number of hydrogen-bond donors (Lipinski definition) is 1. The van der Waals surface area contributed by atoms with Crippen LogP contribution in [0.3, 0.4) is 0 Å². The number of methoxy groups -OCH3 is 1. The molecule has 2 aromatic carbocycles. The Balaban J connectivity index is 1.54. The number of amides is 1. The highest BCUT2D eigenvalue weighted by molar-refractivity contribution is 7.90. The number of nitriles is 1. The van der Waals surface area contributed by atoms with Gasteiger partial charge in [0.2, 0.25) is 15.0 Å². The zero-order valence-corrected chi connectivity index (χ0v) is 21.8. The summed E-state index contributed by atoms with van der Waals surface area (Å²) in [5, 5.41) is 11.3. The summed E-state index contributed by atoms with van der Waals surface area (Å²) in [6, 6.07) is 14.3. The number of aromatic nitrogens is 2. The predicted octanol–water partition coefficient (Wildman–Crippen LogP) is 3.68. The van der Waals surface area contributed by atoms with Crippen LogP contribution in [0.5, 0.6) is 17.2 Å². The molecule has 0 saturated carbocycles. The maximum Gasteiger partial charge on any atom is 0.268 e. The number of rotatable bonds is 12. The van der Waals surface area contributed by atoms with Crippen molar-refractivity contribution in [2.45, 2.75) is 11.6 Å². The van der Waals surface area contributed by atoms with Crippen molar-refractivity contribution in [1.82, 2.24) is 9.36 Å². The molecular formula is C25H24N4O6S2. The Morgan fingerprint density at radius 2 is 1.89 bits per heavy atom. The summed E-state index contributed by atoms with van der Waals surface area (Å²) in [5.41, 5.74) is 1.47. The van der Waals surface area contributed by atoms with E-state index in [2.05, 4.69) is 21.3 Å². The first-order chi connectivity index (χ1) is 17.7. The molecule has 10 nitrogen and oxygen atoms in total. The first-order valence-electron chi connectivity index (χ1n) is 10.8. The fraction of sp³-hybridized carbons (Fsp3) is 0.200. The van der Waals surface area contributed by atoms with Crippen LogP contribution in [-0.4, -0.2) is 50.3 Å². The minimum atomic E-state index is -3.60. The molecule has 3 aromatic rings. The number of nitrogens with one attached hydrogen (secondary N) is 1. The summed E-state index contributed by atoms with van der Waals surface area (Å²) in [7, 11) is -2.01. The minimum Gasteiger partial charge on any atom is -0.493 e. The van der Waals surface area contributed by atoms with Gasteiger partial charge >= 0.3 is 0 Å². The average Bonchev–Trinajstić information content (AvgIpc) is 3.36. The molecule has 3 rings (SSSR count). The Labute approximate surface area is 218 Å². The molecule has 37 heavy (non-hydrogen) atoms. The first-order valence-corrected chi connectivity index (χ1v) is 13.5. The van der Waals surface area contributed by atoms with Gasteiger partial charge < -0.3 is 14.2 Å². The van der Waals surface area contributed by atoms with E-state index in [1.54, 1.807) is 31.4 Å². The van der Waals surface area contributed by atoms with Gasteiger partial charge in [-0.3, -0.25) is 10.1 Å². The van der Waals surface area contributed by atoms with Crippen LogP contribution < -0.4 is 19.5 Å². The SMILES string of the molecule is C=CCc1ccc(OCCOc2ccc(/C=C(/C#N)C(=O)Nc3nc(S(C)(=O)=O)ns3)cc2)c(OC)c1. The molecule has 0 aliphatic heterocycles. The van der Waals surface area contributed by atoms with E-state index >= 15 is 0 Å². The van der Waals surface area contributed by atoms with E-state index in [1.807, 2.05) is 30.3 Å². The van der Waals surface area contributed by atoms with Gasteiger partial charge in [-0.2, -0.15) is 14.6 Å². The molecule has 0 spiro atoms. The lowest BCUT2D eigenvalue weighted by Crippen LogP contribution is -2.13. The minimum absolute atomic E-state index is 0.0251. The van der Waals surface area contributed by atoms with Crippen LogP contribution in [0.2, 0.25) is 0 Å². The van der Waals surface area contributed by atoms with E-state index in [-0.39, 0.29) is 17.3 Å². The summed E-state index contributed by atoms with van der Waals surface area (Å²) in [6.07, 6.45) is 4.91. The largest absolute Gasteiger partial charge is 0.493 e. The van der Waals surface area contributed by atoms with Crippen molar-refractivity contribution in [3.8, 4) is 23.3 Å². The van der Waals surface area contributed by atoms with Crippen LogP contribution in [0, 0.1) is 11.3 Å². The zero-order chi connectivity index (χ0) is 26.8. The fourth-order valence-electron chi connectivity index (χ4n) is 2.99. The lowest BCUT2D eigenvalue weighted by atomic mass is 10.1. The Morgan fingerprint density at radius 3 is 2.51 bits per heavy atom. The van der Waals surface area contributed by atoms with Crippen molar-refractivity contribution in [3.05, 3.63) is 71.8 Å². The number of benzene rings is 2. The Kier molecular flexibility index (Phi) is 9.37. The predicted molar refractivity (Wildman–Crippen MR) is 140 cm³/mol. The molecule has 12 heteroatoms. The normalized spacial score (nSPS) is 11.3. The molecular weight excluding hydrogens is 516 g/mol. The smallest absolute Gasteiger partial charge is 0.268 e. The lowest BCUT2D eigenvalue weighted by Gasteiger charge is -2.12. The van der Waals surface area contributed by atoms with Gasteiger partial charge in [-0.15, -0.1) is 6.58 Å². The average molecular weight is 541 g/mol. The number of carbonyl (C=O) groups excluding carboxylic acids is 1. The molecule has 1 N–H and O–H groups in total. The van der Waals surface area contributed by atoms with E-state index in [9.17, 15) is 18.5 Å². The van der Waals surface area contributed by atoms with Crippen LogP contribution in [0.1, 0.15) is 11.1 Å². The number of hydrogen-bond acceptors (Lipinski definition) is 10. The van der Waals surface area contributed by atoms with Gasteiger partial charge in [-0.25, -0.2) is 8.42 Å². The summed E-state index contributed by atoms with van der Waals surface area (Å²) in [4.78, 5) is 16.1. The highest BCUT2D eigenvalue weighted by Crippen LogP contribution is 2.28.